The van der Waals surface area contributed by atoms with Gasteiger partial charge in [0, 0.05) is 18.5 Å². The maximum absolute atomic E-state index is 12.1. The maximum atomic E-state index is 12.1. The van der Waals surface area contributed by atoms with E-state index in [1.807, 2.05) is 48.5 Å². The second-order valence-corrected chi connectivity index (χ2v) is 6.22. The van der Waals surface area contributed by atoms with E-state index in [1.54, 1.807) is 0 Å². The van der Waals surface area contributed by atoms with Crippen LogP contribution in [0.5, 0.6) is 0 Å². The van der Waals surface area contributed by atoms with Crippen molar-refractivity contribution in [2.24, 2.45) is 5.92 Å². The highest BCUT2D eigenvalue weighted by atomic mass is 16.3. The van der Waals surface area contributed by atoms with Gasteiger partial charge >= 0.3 is 0 Å². The van der Waals surface area contributed by atoms with Crippen LogP contribution in [0.4, 0.5) is 0 Å². The number of hydrogen-bond donors (Lipinski definition) is 1. The van der Waals surface area contributed by atoms with Gasteiger partial charge in [0.15, 0.2) is 0 Å². The normalized spacial score (nSPS) is 19.6. The molecule has 1 saturated carbocycles. The van der Waals surface area contributed by atoms with Crippen molar-refractivity contribution in [2.75, 3.05) is 6.54 Å². The van der Waals surface area contributed by atoms with Gasteiger partial charge in [-0.1, -0.05) is 37.3 Å². The highest BCUT2D eigenvalue weighted by molar-refractivity contribution is 6.01. The minimum absolute atomic E-state index is 0.0628. The predicted octanol–water partition coefficient (Wildman–Crippen LogP) is 3.67. The summed E-state index contributed by atoms with van der Waals surface area (Å²) in [5.41, 5.74) is 1.21. The number of benzene rings is 1. The molecule has 1 N–H and O–H groups in total. The highest BCUT2D eigenvalue weighted by Gasteiger charge is 2.36. The van der Waals surface area contributed by atoms with E-state index in [0.717, 1.165) is 24.2 Å². The van der Waals surface area contributed by atoms with Crippen LogP contribution < -0.4 is 5.32 Å². The first-order valence-electron chi connectivity index (χ1n) is 8.21. The van der Waals surface area contributed by atoms with Gasteiger partial charge in [0.05, 0.1) is 0 Å². The summed E-state index contributed by atoms with van der Waals surface area (Å²) in [6.07, 6.45) is 3.38. The third-order valence-corrected chi connectivity index (χ3v) is 4.32. The van der Waals surface area contributed by atoms with Crippen molar-refractivity contribution in [3.05, 3.63) is 65.1 Å². The van der Waals surface area contributed by atoms with Crippen LogP contribution in [-0.4, -0.2) is 12.5 Å². The Balaban J connectivity index is 1.57. The molecule has 2 atom stereocenters. The van der Waals surface area contributed by atoms with Gasteiger partial charge in [-0.3, -0.25) is 4.79 Å². The summed E-state index contributed by atoms with van der Waals surface area (Å²) in [6.45, 7) is 2.68. The van der Waals surface area contributed by atoms with E-state index < -0.39 is 0 Å². The Morgan fingerprint density at radius 3 is 2.75 bits per heavy atom. The molecule has 4 nitrogen and oxygen atoms in total. The lowest BCUT2D eigenvalue weighted by molar-refractivity contribution is -0.117. The topological polar surface area (TPSA) is 66.0 Å². The number of rotatable bonds is 6. The zero-order valence-corrected chi connectivity index (χ0v) is 13.7. The number of hydrogen-bond acceptors (Lipinski definition) is 3. The number of amides is 1. The standard InChI is InChI=1S/C20H20N2O2/c1-14-11-18(14)19-8-7-17(24-19)12-16(13-21)20(23)22-10-9-15-5-3-2-4-6-15/h2-8,12,14,18H,9-11H2,1H3,(H,22,23)/b16-12+/t14-,18-/m0/s1. The molecule has 1 aliphatic rings. The molecule has 1 amide bonds. The third kappa shape index (κ3) is 3.94. The fourth-order valence-electron chi connectivity index (χ4n) is 2.71. The molecule has 1 aliphatic carbocycles. The van der Waals surface area contributed by atoms with E-state index in [4.69, 9.17) is 4.42 Å². The van der Waals surface area contributed by atoms with Gasteiger partial charge < -0.3 is 9.73 Å². The third-order valence-electron chi connectivity index (χ3n) is 4.32. The van der Waals surface area contributed by atoms with Crippen molar-refractivity contribution in [2.45, 2.75) is 25.7 Å². The molecule has 1 heterocycles. The van der Waals surface area contributed by atoms with Crippen molar-refractivity contribution in [1.29, 1.82) is 5.26 Å². The van der Waals surface area contributed by atoms with Crippen LogP contribution in [0.15, 0.2) is 52.5 Å². The molecule has 2 aromatic rings. The smallest absolute Gasteiger partial charge is 0.262 e. The molecule has 1 fully saturated rings. The van der Waals surface area contributed by atoms with Crippen molar-refractivity contribution in [3.63, 3.8) is 0 Å². The molecule has 1 aromatic carbocycles. The van der Waals surface area contributed by atoms with Crippen LogP contribution in [0.3, 0.4) is 0 Å². The molecule has 0 spiro atoms. The summed E-state index contributed by atoms with van der Waals surface area (Å²) >= 11 is 0. The summed E-state index contributed by atoms with van der Waals surface area (Å²) in [7, 11) is 0. The lowest BCUT2D eigenvalue weighted by atomic mass is 10.1. The largest absolute Gasteiger partial charge is 0.461 e. The van der Waals surface area contributed by atoms with Crippen molar-refractivity contribution >= 4 is 12.0 Å². The van der Waals surface area contributed by atoms with Crippen LogP contribution in [0.2, 0.25) is 0 Å². The van der Waals surface area contributed by atoms with Gasteiger partial charge in [0.2, 0.25) is 0 Å². The molecule has 24 heavy (non-hydrogen) atoms. The minimum Gasteiger partial charge on any atom is -0.461 e. The van der Waals surface area contributed by atoms with E-state index in [2.05, 4.69) is 12.2 Å². The lowest BCUT2D eigenvalue weighted by Crippen LogP contribution is -2.26. The molecule has 0 unspecified atom stereocenters. The number of carbonyl (C=O) groups is 1. The Morgan fingerprint density at radius 1 is 1.33 bits per heavy atom. The van der Waals surface area contributed by atoms with Crippen LogP contribution >= 0.6 is 0 Å². The van der Waals surface area contributed by atoms with E-state index in [0.29, 0.717) is 24.1 Å². The first kappa shape index (κ1) is 16.1. The van der Waals surface area contributed by atoms with Crippen LogP contribution in [0.25, 0.3) is 6.08 Å². The fraction of sp³-hybridized carbons (Fsp3) is 0.300. The number of nitrogens with one attached hydrogen (secondary N) is 1. The van der Waals surface area contributed by atoms with Gasteiger partial charge in [-0.15, -0.1) is 0 Å². The summed E-state index contributed by atoms with van der Waals surface area (Å²) in [5, 5.41) is 12.0. The van der Waals surface area contributed by atoms with Crippen molar-refractivity contribution < 1.29 is 9.21 Å². The fourth-order valence-corrected chi connectivity index (χ4v) is 2.71. The quantitative estimate of drug-likeness (QED) is 0.652. The summed E-state index contributed by atoms with van der Waals surface area (Å²) < 4.78 is 5.73. The first-order valence-corrected chi connectivity index (χ1v) is 8.21. The van der Waals surface area contributed by atoms with Gasteiger partial charge in [-0.2, -0.15) is 5.26 Å². The first-order chi connectivity index (χ1) is 11.7. The predicted molar refractivity (Wildman–Crippen MR) is 92.0 cm³/mol. The molecular weight excluding hydrogens is 300 g/mol. The molecule has 3 rings (SSSR count). The van der Waals surface area contributed by atoms with Crippen LogP contribution in [0, 0.1) is 17.2 Å². The van der Waals surface area contributed by atoms with Crippen molar-refractivity contribution in [1.82, 2.24) is 5.32 Å². The summed E-state index contributed by atoms with van der Waals surface area (Å²) in [5.74, 6) is 2.27. The van der Waals surface area contributed by atoms with Gasteiger partial charge in [0.25, 0.3) is 5.91 Å². The average Bonchev–Trinajstić information content (AvgIpc) is 3.15. The number of carbonyl (C=O) groups excluding carboxylic acids is 1. The van der Waals surface area contributed by atoms with E-state index in [9.17, 15) is 10.1 Å². The van der Waals surface area contributed by atoms with Gasteiger partial charge in [-0.25, -0.2) is 0 Å². The average molecular weight is 320 g/mol. The van der Waals surface area contributed by atoms with Gasteiger partial charge in [-0.05, 0) is 36.5 Å². The highest BCUT2D eigenvalue weighted by Crippen LogP contribution is 2.47. The molecule has 4 heteroatoms. The zero-order valence-electron chi connectivity index (χ0n) is 13.7. The molecule has 0 saturated heterocycles. The van der Waals surface area contributed by atoms with E-state index >= 15 is 0 Å². The molecule has 122 valence electrons. The number of nitriles is 1. The second-order valence-electron chi connectivity index (χ2n) is 6.22. The SMILES string of the molecule is C[C@H]1C[C@@H]1c1ccc(/C=C(\C#N)C(=O)NCCc2ccccc2)o1. The summed E-state index contributed by atoms with van der Waals surface area (Å²) in [6, 6.07) is 15.6. The monoisotopic (exact) mass is 320 g/mol. The van der Waals surface area contributed by atoms with Crippen LogP contribution in [-0.2, 0) is 11.2 Å². The van der Waals surface area contributed by atoms with E-state index in [1.165, 1.54) is 6.08 Å². The minimum atomic E-state index is -0.369. The Kier molecular flexibility index (Phi) is 4.81. The van der Waals surface area contributed by atoms with Crippen LogP contribution in [0.1, 0.15) is 36.3 Å². The van der Waals surface area contributed by atoms with E-state index in [-0.39, 0.29) is 11.5 Å². The Labute approximate surface area is 141 Å². The molecule has 1 aromatic heterocycles. The lowest BCUT2D eigenvalue weighted by Gasteiger charge is -2.04. The second kappa shape index (κ2) is 7.18. The molecule has 0 bridgehead atoms. The Morgan fingerprint density at radius 2 is 2.08 bits per heavy atom. The molecular formula is C20H20N2O2. The van der Waals surface area contributed by atoms with Crippen molar-refractivity contribution in [3.8, 4) is 6.07 Å². The molecule has 0 aliphatic heterocycles. The van der Waals surface area contributed by atoms with Gasteiger partial charge in [0.1, 0.15) is 23.2 Å². The number of nitrogens with zero attached hydrogens (tertiary/aromatic N) is 1. The summed E-state index contributed by atoms with van der Waals surface area (Å²) in [4.78, 5) is 12.1. The maximum Gasteiger partial charge on any atom is 0.262 e. The molecule has 0 radical (unpaired) electrons. The number of furan rings is 1. The Bertz CT molecular complexity index is 783. The zero-order chi connectivity index (χ0) is 16.9. The Hall–Kier alpha value is -2.80.